The first kappa shape index (κ1) is 15.0. The number of hydrogen-bond donors (Lipinski definition) is 2. The number of hydrazine groups is 1. The third-order valence-corrected chi connectivity index (χ3v) is 2.87. The van der Waals surface area contributed by atoms with E-state index in [1.807, 2.05) is 6.92 Å². The summed E-state index contributed by atoms with van der Waals surface area (Å²) in [7, 11) is 0. The highest BCUT2D eigenvalue weighted by atomic mass is 19.2. The quantitative estimate of drug-likeness (QED) is 0.449. The highest BCUT2D eigenvalue weighted by Crippen LogP contribution is 2.24. The second-order valence-electron chi connectivity index (χ2n) is 4.16. The second-order valence-corrected chi connectivity index (χ2v) is 4.16. The Morgan fingerprint density at radius 3 is 2.67 bits per heavy atom. The monoisotopic (exact) mass is 258 g/mol. The number of benzene rings is 1. The van der Waals surface area contributed by atoms with Crippen LogP contribution in [0, 0.1) is 18.6 Å². The molecule has 0 aliphatic heterocycles. The van der Waals surface area contributed by atoms with Gasteiger partial charge in [-0.2, -0.15) is 0 Å². The summed E-state index contributed by atoms with van der Waals surface area (Å²) in [4.78, 5) is 0. The second kappa shape index (κ2) is 7.41. The minimum absolute atomic E-state index is 0.261. The van der Waals surface area contributed by atoms with Crippen molar-refractivity contribution < 1.29 is 13.5 Å². The van der Waals surface area contributed by atoms with E-state index in [1.54, 1.807) is 12.1 Å². The largest absolute Gasteiger partial charge is 0.382 e. The van der Waals surface area contributed by atoms with Crippen molar-refractivity contribution >= 4 is 0 Å². The molecule has 0 aliphatic carbocycles. The van der Waals surface area contributed by atoms with Gasteiger partial charge in [0.1, 0.15) is 0 Å². The van der Waals surface area contributed by atoms with Gasteiger partial charge in [0.05, 0.1) is 0 Å². The average molecular weight is 258 g/mol. The summed E-state index contributed by atoms with van der Waals surface area (Å²) in [6.45, 7) is 4.68. The number of rotatable bonds is 7. The molecule has 5 heteroatoms. The molecule has 102 valence electrons. The van der Waals surface area contributed by atoms with E-state index < -0.39 is 17.7 Å². The van der Waals surface area contributed by atoms with E-state index in [4.69, 9.17) is 10.6 Å². The SMILES string of the molecule is CCOCCCC(NN)c1ccc(C)c(F)c1F. The lowest BCUT2D eigenvalue weighted by molar-refractivity contribution is 0.140. The van der Waals surface area contributed by atoms with Gasteiger partial charge in [-0.05, 0) is 32.3 Å². The molecule has 1 aromatic carbocycles. The minimum atomic E-state index is -0.825. The standard InChI is InChI=1S/C13H20F2N2O/c1-3-18-8-4-5-11(17-16)10-7-6-9(2)12(14)13(10)15/h6-7,11,17H,3-5,8,16H2,1-2H3. The van der Waals surface area contributed by atoms with Crippen LogP contribution in [-0.4, -0.2) is 13.2 Å². The van der Waals surface area contributed by atoms with E-state index in [-0.39, 0.29) is 5.56 Å². The molecule has 0 amide bonds. The predicted octanol–water partition coefficient (Wildman–Crippen LogP) is 2.59. The van der Waals surface area contributed by atoms with Crippen molar-refractivity contribution in [3.63, 3.8) is 0 Å². The Morgan fingerprint density at radius 1 is 1.33 bits per heavy atom. The van der Waals surface area contributed by atoms with Crippen LogP contribution in [0.5, 0.6) is 0 Å². The van der Waals surface area contributed by atoms with Crippen LogP contribution in [-0.2, 0) is 4.74 Å². The third-order valence-electron chi connectivity index (χ3n) is 2.87. The van der Waals surface area contributed by atoms with Gasteiger partial charge in [-0.15, -0.1) is 0 Å². The Bertz CT molecular complexity index is 385. The summed E-state index contributed by atoms with van der Waals surface area (Å²) in [6, 6.07) is 2.72. The Hall–Kier alpha value is -1.04. The highest BCUT2D eigenvalue weighted by Gasteiger charge is 2.18. The first-order valence-electron chi connectivity index (χ1n) is 6.10. The van der Waals surface area contributed by atoms with Gasteiger partial charge in [0.25, 0.3) is 0 Å². The molecule has 0 radical (unpaired) electrons. The fourth-order valence-corrected chi connectivity index (χ4v) is 1.79. The van der Waals surface area contributed by atoms with Crippen molar-refractivity contribution in [1.82, 2.24) is 5.43 Å². The van der Waals surface area contributed by atoms with E-state index >= 15 is 0 Å². The summed E-state index contributed by atoms with van der Waals surface area (Å²) in [5.41, 5.74) is 3.07. The Kier molecular flexibility index (Phi) is 6.18. The molecule has 0 saturated heterocycles. The number of aryl methyl sites for hydroxylation is 1. The van der Waals surface area contributed by atoms with Gasteiger partial charge in [0, 0.05) is 24.8 Å². The third kappa shape index (κ3) is 3.73. The van der Waals surface area contributed by atoms with Crippen molar-refractivity contribution in [2.45, 2.75) is 32.7 Å². The summed E-state index contributed by atoms with van der Waals surface area (Å²) in [5, 5.41) is 0. The van der Waals surface area contributed by atoms with Crippen LogP contribution in [0.15, 0.2) is 12.1 Å². The molecule has 0 aromatic heterocycles. The van der Waals surface area contributed by atoms with E-state index in [0.717, 1.165) is 6.42 Å². The van der Waals surface area contributed by atoms with Crippen LogP contribution in [0.25, 0.3) is 0 Å². The Labute approximate surface area is 106 Å². The van der Waals surface area contributed by atoms with Crippen molar-refractivity contribution in [2.75, 3.05) is 13.2 Å². The van der Waals surface area contributed by atoms with E-state index in [0.29, 0.717) is 25.2 Å². The number of halogens is 2. The van der Waals surface area contributed by atoms with Gasteiger partial charge < -0.3 is 4.74 Å². The molecule has 0 aliphatic rings. The van der Waals surface area contributed by atoms with Gasteiger partial charge in [-0.3, -0.25) is 11.3 Å². The van der Waals surface area contributed by atoms with Gasteiger partial charge in [-0.1, -0.05) is 12.1 Å². The fraction of sp³-hybridized carbons (Fsp3) is 0.538. The zero-order valence-corrected chi connectivity index (χ0v) is 10.8. The van der Waals surface area contributed by atoms with Gasteiger partial charge >= 0.3 is 0 Å². The van der Waals surface area contributed by atoms with Crippen molar-refractivity contribution in [3.8, 4) is 0 Å². The van der Waals surface area contributed by atoms with Crippen molar-refractivity contribution in [3.05, 3.63) is 34.9 Å². The van der Waals surface area contributed by atoms with Gasteiger partial charge in [0.15, 0.2) is 11.6 Å². The van der Waals surface area contributed by atoms with Crippen LogP contribution in [0.1, 0.15) is 36.9 Å². The zero-order chi connectivity index (χ0) is 13.5. The molecule has 1 rings (SSSR count). The molecule has 1 atom stereocenters. The first-order valence-corrected chi connectivity index (χ1v) is 6.10. The maximum Gasteiger partial charge on any atom is 0.163 e. The lowest BCUT2D eigenvalue weighted by atomic mass is 10.0. The topological polar surface area (TPSA) is 47.3 Å². The zero-order valence-electron chi connectivity index (χ0n) is 10.8. The van der Waals surface area contributed by atoms with Crippen LogP contribution in [0.3, 0.4) is 0 Å². The molecule has 3 nitrogen and oxygen atoms in total. The number of nitrogens with two attached hydrogens (primary N) is 1. The Morgan fingerprint density at radius 2 is 2.06 bits per heavy atom. The molecule has 1 unspecified atom stereocenters. The van der Waals surface area contributed by atoms with Crippen LogP contribution < -0.4 is 11.3 Å². The van der Waals surface area contributed by atoms with Crippen LogP contribution in [0.2, 0.25) is 0 Å². The molecule has 0 fully saturated rings. The molecule has 18 heavy (non-hydrogen) atoms. The summed E-state index contributed by atoms with van der Waals surface area (Å²) >= 11 is 0. The number of nitrogens with one attached hydrogen (secondary N) is 1. The fourth-order valence-electron chi connectivity index (χ4n) is 1.79. The van der Waals surface area contributed by atoms with E-state index in [9.17, 15) is 8.78 Å². The molecular weight excluding hydrogens is 238 g/mol. The molecule has 0 bridgehead atoms. The molecular formula is C13H20F2N2O. The summed E-state index contributed by atoms with van der Waals surface area (Å²) in [6.07, 6.45) is 1.33. The summed E-state index contributed by atoms with van der Waals surface area (Å²) < 4.78 is 32.4. The van der Waals surface area contributed by atoms with Crippen molar-refractivity contribution in [2.24, 2.45) is 5.84 Å². The lowest BCUT2D eigenvalue weighted by Crippen LogP contribution is -2.29. The molecule has 0 heterocycles. The smallest absolute Gasteiger partial charge is 0.163 e. The lowest BCUT2D eigenvalue weighted by Gasteiger charge is -2.17. The highest BCUT2D eigenvalue weighted by molar-refractivity contribution is 5.27. The van der Waals surface area contributed by atoms with Crippen molar-refractivity contribution in [1.29, 1.82) is 0 Å². The van der Waals surface area contributed by atoms with Crippen LogP contribution in [0.4, 0.5) is 8.78 Å². The first-order chi connectivity index (χ1) is 8.61. The van der Waals surface area contributed by atoms with Crippen LogP contribution >= 0.6 is 0 Å². The predicted molar refractivity (Wildman–Crippen MR) is 66.9 cm³/mol. The van der Waals surface area contributed by atoms with E-state index in [1.165, 1.54) is 6.92 Å². The number of hydrogen-bond acceptors (Lipinski definition) is 3. The maximum atomic E-state index is 13.8. The maximum absolute atomic E-state index is 13.8. The number of ether oxygens (including phenoxy) is 1. The molecule has 0 spiro atoms. The summed E-state index contributed by atoms with van der Waals surface area (Å²) in [5.74, 6) is 3.76. The Balaban J connectivity index is 2.73. The molecule has 1 aromatic rings. The molecule has 3 N–H and O–H groups in total. The normalized spacial score (nSPS) is 12.7. The van der Waals surface area contributed by atoms with Gasteiger partial charge in [-0.25, -0.2) is 8.78 Å². The van der Waals surface area contributed by atoms with Gasteiger partial charge in [0.2, 0.25) is 0 Å². The molecule has 0 saturated carbocycles. The van der Waals surface area contributed by atoms with E-state index in [2.05, 4.69) is 5.43 Å². The average Bonchev–Trinajstić information content (AvgIpc) is 2.38. The minimum Gasteiger partial charge on any atom is -0.382 e.